The number of thiophene rings is 1. The number of rotatable bonds is 5. The minimum atomic E-state index is -0.625. The van der Waals surface area contributed by atoms with Gasteiger partial charge < -0.3 is 9.47 Å². The summed E-state index contributed by atoms with van der Waals surface area (Å²) in [5.41, 5.74) is 1.69. The smallest absolute Gasteiger partial charge is 0.336 e. The van der Waals surface area contributed by atoms with Gasteiger partial charge in [-0.05, 0) is 53.0 Å². The van der Waals surface area contributed by atoms with E-state index in [1.54, 1.807) is 27.7 Å². The molecular formula is C19H25NO4S. The van der Waals surface area contributed by atoms with E-state index in [2.05, 4.69) is 4.99 Å². The molecule has 1 aliphatic rings. The van der Waals surface area contributed by atoms with Crippen LogP contribution in [0.15, 0.2) is 33.8 Å². The Morgan fingerprint density at radius 1 is 1.12 bits per heavy atom. The Morgan fingerprint density at radius 3 is 2.28 bits per heavy atom. The van der Waals surface area contributed by atoms with Crippen molar-refractivity contribution in [2.45, 2.75) is 59.7 Å². The minimum absolute atomic E-state index is 0.234. The Kier molecular flexibility index (Phi) is 6.16. The highest BCUT2D eigenvalue weighted by molar-refractivity contribution is 7.10. The summed E-state index contributed by atoms with van der Waals surface area (Å²) in [5, 5.41) is 1.93. The van der Waals surface area contributed by atoms with E-state index in [0.717, 1.165) is 4.88 Å². The van der Waals surface area contributed by atoms with Crippen LogP contribution in [0, 0.1) is 5.92 Å². The molecule has 2 heterocycles. The van der Waals surface area contributed by atoms with Crippen molar-refractivity contribution in [1.82, 2.24) is 0 Å². The Labute approximate surface area is 152 Å². The molecule has 0 aliphatic carbocycles. The van der Waals surface area contributed by atoms with Gasteiger partial charge >= 0.3 is 11.9 Å². The summed E-state index contributed by atoms with van der Waals surface area (Å²) in [6, 6.07) is 3.84. The molecular weight excluding hydrogens is 338 g/mol. The number of nitrogens with zero attached hydrogens (tertiary/aromatic N) is 1. The van der Waals surface area contributed by atoms with Crippen LogP contribution in [0.25, 0.3) is 0 Å². The average Bonchev–Trinajstić information content (AvgIpc) is 2.98. The molecule has 6 heteroatoms. The quantitative estimate of drug-likeness (QED) is 0.739. The van der Waals surface area contributed by atoms with Crippen molar-refractivity contribution in [3.63, 3.8) is 0 Å². The standard InChI is InChI=1S/C19H25NO4S/c1-10(2)23-18(21)15-12(5)20-13(6)16(19(22)24-11(3)4)17(15)14-8-7-9-25-14/h7-11,15,17H,1-6H3/t15?,17-/m0/s1. The summed E-state index contributed by atoms with van der Waals surface area (Å²) >= 11 is 1.51. The van der Waals surface area contributed by atoms with Gasteiger partial charge in [-0.3, -0.25) is 9.79 Å². The number of aliphatic imine (C=N–C) groups is 1. The molecule has 1 aromatic heterocycles. The molecule has 2 atom stereocenters. The number of hydrogen-bond acceptors (Lipinski definition) is 6. The molecule has 136 valence electrons. The molecule has 0 fully saturated rings. The lowest BCUT2D eigenvalue weighted by Gasteiger charge is -2.31. The van der Waals surface area contributed by atoms with E-state index < -0.39 is 17.8 Å². The summed E-state index contributed by atoms with van der Waals surface area (Å²) in [4.78, 5) is 30.9. The van der Waals surface area contributed by atoms with Crippen molar-refractivity contribution in [1.29, 1.82) is 0 Å². The Morgan fingerprint density at radius 2 is 1.76 bits per heavy atom. The average molecular weight is 363 g/mol. The third kappa shape index (κ3) is 4.37. The molecule has 0 saturated carbocycles. The second kappa shape index (κ2) is 7.95. The van der Waals surface area contributed by atoms with E-state index in [1.807, 2.05) is 31.4 Å². The molecule has 0 amide bonds. The summed E-state index contributed by atoms with van der Waals surface area (Å²) in [6.45, 7) is 10.8. The third-order valence-electron chi connectivity index (χ3n) is 3.85. The van der Waals surface area contributed by atoms with Gasteiger partial charge in [0.25, 0.3) is 0 Å². The SMILES string of the molecule is CC1=NC(C)=C(C(=O)OC(C)C)[C@@H](c2cccs2)C1C(=O)OC(C)C. The summed E-state index contributed by atoms with van der Waals surface area (Å²) in [5.74, 6) is -1.85. The van der Waals surface area contributed by atoms with Crippen LogP contribution in [0.1, 0.15) is 52.3 Å². The maximum absolute atomic E-state index is 12.7. The fourth-order valence-electron chi connectivity index (χ4n) is 2.97. The Hall–Kier alpha value is -1.95. The van der Waals surface area contributed by atoms with Crippen LogP contribution < -0.4 is 0 Å². The van der Waals surface area contributed by atoms with Crippen molar-refractivity contribution in [3.05, 3.63) is 33.7 Å². The molecule has 0 spiro atoms. The molecule has 0 bridgehead atoms. The zero-order valence-electron chi connectivity index (χ0n) is 15.5. The van der Waals surface area contributed by atoms with Crippen LogP contribution in [0.2, 0.25) is 0 Å². The number of esters is 2. The van der Waals surface area contributed by atoms with Gasteiger partial charge in [0, 0.05) is 22.2 Å². The summed E-state index contributed by atoms with van der Waals surface area (Å²) in [6.07, 6.45) is -0.479. The molecule has 1 aliphatic heterocycles. The molecule has 1 unspecified atom stereocenters. The number of hydrogen-bond donors (Lipinski definition) is 0. The first kappa shape index (κ1) is 19.4. The Balaban J connectivity index is 2.53. The zero-order chi connectivity index (χ0) is 18.7. The highest BCUT2D eigenvalue weighted by atomic mass is 32.1. The van der Waals surface area contributed by atoms with Crippen LogP contribution in [0.3, 0.4) is 0 Å². The lowest BCUT2D eigenvalue weighted by Crippen LogP contribution is -2.37. The topological polar surface area (TPSA) is 65.0 Å². The monoisotopic (exact) mass is 363 g/mol. The third-order valence-corrected chi connectivity index (χ3v) is 4.80. The molecule has 2 rings (SSSR count). The number of ether oxygens (including phenoxy) is 2. The van der Waals surface area contributed by atoms with Gasteiger partial charge in [0.15, 0.2) is 0 Å². The first-order chi connectivity index (χ1) is 11.7. The normalized spacial score (nSPS) is 20.7. The number of allylic oxidation sites excluding steroid dienone is 1. The summed E-state index contributed by atoms with van der Waals surface area (Å²) < 4.78 is 10.9. The van der Waals surface area contributed by atoms with Crippen LogP contribution in [0.4, 0.5) is 0 Å². The minimum Gasteiger partial charge on any atom is -0.462 e. The molecule has 25 heavy (non-hydrogen) atoms. The second-order valence-corrected chi connectivity index (χ2v) is 7.64. The van der Waals surface area contributed by atoms with E-state index in [4.69, 9.17) is 9.47 Å². The largest absolute Gasteiger partial charge is 0.462 e. The number of carbonyl (C=O) groups excluding carboxylic acids is 2. The molecule has 5 nitrogen and oxygen atoms in total. The van der Waals surface area contributed by atoms with E-state index in [-0.39, 0.29) is 18.2 Å². The fourth-order valence-corrected chi connectivity index (χ4v) is 3.84. The van der Waals surface area contributed by atoms with Crippen LogP contribution >= 0.6 is 11.3 Å². The highest BCUT2D eigenvalue weighted by Gasteiger charge is 2.43. The van der Waals surface area contributed by atoms with Gasteiger partial charge in [-0.15, -0.1) is 11.3 Å². The Bertz CT molecular complexity index is 701. The lowest BCUT2D eigenvalue weighted by molar-refractivity contribution is -0.150. The van der Waals surface area contributed by atoms with Gasteiger partial charge in [0.05, 0.1) is 17.8 Å². The van der Waals surface area contributed by atoms with Crippen molar-refractivity contribution in [2.75, 3.05) is 0 Å². The summed E-state index contributed by atoms with van der Waals surface area (Å²) in [7, 11) is 0. The van der Waals surface area contributed by atoms with E-state index in [0.29, 0.717) is 17.0 Å². The van der Waals surface area contributed by atoms with Crippen LogP contribution in [-0.4, -0.2) is 29.9 Å². The maximum atomic E-state index is 12.7. The van der Waals surface area contributed by atoms with Crippen molar-refractivity contribution in [2.24, 2.45) is 10.9 Å². The van der Waals surface area contributed by atoms with Crippen molar-refractivity contribution < 1.29 is 19.1 Å². The molecule has 0 saturated heterocycles. The maximum Gasteiger partial charge on any atom is 0.336 e. The predicted octanol–water partition coefficient (Wildman–Crippen LogP) is 4.10. The lowest BCUT2D eigenvalue weighted by atomic mass is 9.79. The van der Waals surface area contributed by atoms with E-state index >= 15 is 0 Å². The first-order valence-electron chi connectivity index (χ1n) is 8.43. The molecule has 0 radical (unpaired) electrons. The highest BCUT2D eigenvalue weighted by Crippen LogP contribution is 2.42. The van der Waals surface area contributed by atoms with Crippen LogP contribution in [-0.2, 0) is 19.1 Å². The van der Waals surface area contributed by atoms with Gasteiger partial charge in [-0.2, -0.15) is 0 Å². The van der Waals surface area contributed by atoms with Gasteiger partial charge in [-0.1, -0.05) is 6.07 Å². The van der Waals surface area contributed by atoms with Crippen LogP contribution in [0.5, 0.6) is 0 Å². The van der Waals surface area contributed by atoms with Crippen molar-refractivity contribution in [3.8, 4) is 0 Å². The molecule has 0 aromatic carbocycles. The van der Waals surface area contributed by atoms with E-state index in [9.17, 15) is 9.59 Å². The number of carbonyl (C=O) groups is 2. The van der Waals surface area contributed by atoms with Crippen molar-refractivity contribution >= 4 is 29.0 Å². The van der Waals surface area contributed by atoms with E-state index in [1.165, 1.54) is 11.3 Å². The van der Waals surface area contributed by atoms with Gasteiger partial charge in [-0.25, -0.2) is 4.79 Å². The first-order valence-corrected chi connectivity index (χ1v) is 9.31. The zero-order valence-corrected chi connectivity index (χ0v) is 16.3. The van der Waals surface area contributed by atoms with Gasteiger partial charge in [0.2, 0.25) is 0 Å². The molecule has 1 aromatic rings. The predicted molar refractivity (Wildman–Crippen MR) is 98.8 cm³/mol. The van der Waals surface area contributed by atoms with Gasteiger partial charge in [0.1, 0.15) is 5.92 Å². The molecule has 0 N–H and O–H groups in total. The fraction of sp³-hybridized carbons (Fsp3) is 0.526. The second-order valence-electron chi connectivity index (χ2n) is 6.66.